The van der Waals surface area contributed by atoms with Crippen LogP contribution in [0.25, 0.3) is 0 Å². The lowest BCUT2D eigenvalue weighted by atomic mass is 10.1. The van der Waals surface area contributed by atoms with Crippen LogP contribution in [0.1, 0.15) is 11.1 Å². The van der Waals surface area contributed by atoms with Crippen LogP contribution in [0.2, 0.25) is 0 Å². The highest BCUT2D eigenvalue weighted by Crippen LogP contribution is 2.03. The molecule has 1 rings (SSSR count). The predicted molar refractivity (Wildman–Crippen MR) is 57.2 cm³/mol. The van der Waals surface area contributed by atoms with Crippen LogP contribution in [-0.4, -0.2) is 19.2 Å². The number of carbonyl (C=O) groups is 2. The smallest absolute Gasteiger partial charge is 0.224 e. The maximum Gasteiger partial charge on any atom is 0.224 e. The highest BCUT2D eigenvalue weighted by Gasteiger charge is 1.99. The van der Waals surface area contributed by atoms with Gasteiger partial charge in [0.1, 0.15) is 0 Å². The molecule has 0 spiro atoms. The molecule has 0 unspecified atom stereocenters. The van der Waals surface area contributed by atoms with E-state index in [4.69, 9.17) is 0 Å². The first-order chi connectivity index (χ1) is 7.26. The molecule has 0 radical (unpaired) electrons. The Morgan fingerprint density at radius 1 is 1.40 bits per heavy atom. The summed E-state index contributed by atoms with van der Waals surface area (Å²) in [5.41, 5.74) is 1.69. The monoisotopic (exact) mass is 201 g/mol. The van der Waals surface area contributed by atoms with Crippen molar-refractivity contribution < 1.29 is 9.59 Å². The fourth-order valence-electron chi connectivity index (χ4n) is 1.09. The maximum absolute atomic E-state index is 11.1. The number of likely N-dealkylation sites (N-methyl/N-ethyl adjacent to an activating group) is 1. The molecule has 3 nitrogen and oxygen atoms in total. The van der Waals surface area contributed by atoms with Crippen LogP contribution < -0.4 is 5.32 Å². The number of nitrogens with one attached hydrogen (secondary N) is 1. The van der Waals surface area contributed by atoms with E-state index in [2.05, 4.69) is 17.2 Å². The summed E-state index contributed by atoms with van der Waals surface area (Å²) in [4.78, 5) is 21.1. The molecule has 1 aromatic carbocycles. The fourth-order valence-corrected chi connectivity index (χ4v) is 1.09. The molecule has 0 saturated carbocycles. The van der Waals surface area contributed by atoms with Gasteiger partial charge in [0.15, 0.2) is 6.29 Å². The molecule has 0 aliphatic rings. The van der Waals surface area contributed by atoms with Crippen molar-refractivity contribution in [1.29, 1.82) is 0 Å². The average molecular weight is 201 g/mol. The third kappa shape index (κ3) is 3.65. The van der Waals surface area contributed by atoms with E-state index in [1.807, 2.05) is 12.1 Å². The summed E-state index contributed by atoms with van der Waals surface area (Å²) in [5, 5.41) is 2.55. The Morgan fingerprint density at radius 2 is 2.07 bits per heavy atom. The highest BCUT2D eigenvalue weighted by atomic mass is 16.1. The summed E-state index contributed by atoms with van der Waals surface area (Å²) in [6, 6.07) is 7.22. The van der Waals surface area contributed by atoms with E-state index in [0.29, 0.717) is 12.7 Å². The van der Waals surface area contributed by atoms with Gasteiger partial charge in [-0.2, -0.15) is 0 Å². The summed E-state index contributed by atoms with van der Waals surface area (Å²) in [5.74, 6) is 4.97. The molecule has 0 atom stereocenters. The van der Waals surface area contributed by atoms with Crippen LogP contribution in [0.15, 0.2) is 24.3 Å². The van der Waals surface area contributed by atoms with Gasteiger partial charge in [-0.15, -0.1) is 0 Å². The molecule has 0 bridgehead atoms. The lowest BCUT2D eigenvalue weighted by molar-refractivity contribution is -0.119. The molecule has 15 heavy (non-hydrogen) atoms. The van der Waals surface area contributed by atoms with Crippen molar-refractivity contribution in [2.24, 2.45) is 0 Å². The number of benzene rings is 1. The van der Waals surface area contributed by atoms with Crippen LogP contribution in [-0.2, 0) is 16.0 Å². The molecule has 0 aliphatic carbocycles. The van der Waals surface area contributed by atoms with Crippen LogP contribution >= 0.6 is 0 Å². The predicted octanol–water partition coefficient (Wildman–Crippen LogP) is 0.525. The maximum atomic E-state index is 11.1. The molecule has 0 saturated heterocycles. The standard InChI is InChI=1S/C12H11NO2/c1-13-12(15)9-11-6-4-10(5-7-11)3-2-8-14/h4-8H,9H2,1H3,(H,13,15). The van der Waals surface area contributed by atoms with E-state index in [0.717, 1.165) is 11.1 Å². The van der Waals surface area contributed by atoms with Crippen molar-refractivity contribution in [2.75, 3.05) is 7.05 Å². The van der Waals surface area contributed by atoms with Crippen molar-refractivity contribution in [1.82, 2.24) is 5.32 Å². The average Bonchev–Trinajstić information content (AvgIpc) is 2.28. The first-order valence-corrected chi connectivity index (χ1v) is 4.51. The third-order valence-corrected chi connectivity index (χ3v) is 1.87. The molecule has 0 fully saturated rings. The largest absolute Gasteiger partial charge is 0.359 e. The summed E-state index contributed by atoms with van der Waals surface area (Å²) < 4.78 is 0. The zero-order chi connectivity index (χ0) is 11.1. The van der Waals surface area contributed by atoms with Crippen molar-refractivity contribution in [3.8, 4) is 11.8 Å². The summed E-state index contributed by atoms with van der Waals surface area (Å²) in [7, 11) is 1.60. The topological polar surface area (TPSA) is 46.2 Å². The highest BCUT2D eigenvalue weighted by molar-refractivity contribution is 5.78. The Hall–Kier alpha value is -2.08. The van der Waals surface area contributed by atoms with Gasteiger partial charge in [0.25, 0.3) is 0 Å². The van der Waals surface area contributed by atoms with E-state index < -0.39 is 0 Å². The van der Waals surface area contributed by atoms with Crippen molar-refractivity contribution in [2.45, 2.75) is 6.42 Å². The van der Waals surface area contributed by atoms with E-state index in [1.165, 1.54) is 0 Å². The zero-order valence-corrected chi connectivity index (χ0v) is 8.41. The van der Waals surface area contributed by atoms with Gasteiger partial charge in [-0.25, -0.2) is 0 Å². The third-order valence-electron chi connectivity index (χ3n) is 1.87. The second kappa shape index (κ2) is 5.61. The molecule has 1 N–H and O–H groups in total. The Bertz CT molecular complexity index is 409. The summed E-state index contributed by atoms with van der Waals surface area (Å²) in [6.45, 7) is 0. The second-order valence-corrected chi connectivity index (χ2v) is 2.93. The summed E-state index contributed by atoms with van der Waals surface area (Å²) in [6.07, 6.45) is 0.913. The SMILES string of the molecule is CNC(=O)Cc1ccc(C#CC=O)cc1. The number of aldehydes is 1. The fraction of sp³-hybridized carbons (Fsp3) is 0.167. The van der Waals surface area contributed by atoms with Crippen LogP contribution in [0.3, 0.4) is 0 Å². The quantitative estimate of drug-likeness (QED) is 0.560. The Kier molecular flexibility index (Phi) is 4.11. The van der Waals surface area contributed by atoms with Gasteiger partial charge in [0.05, 0.1) is 6.42 Å². The van der Waals surface area contributed by atoms with E-state index in [-0.39, 0.29) is 5.91 Å². The minimum atomic E-state index is -0.0262. The molecule has 3 heteroatoms. The van der Waals surface area contributed by atoms with E-state index >= 15 is 0 Å². The van der Waals surface area contributed by atoms with Crippen LogP contribution in [0.4, 0.5) is 0 Å². The molecular formula is C12H11NO2. The van der Waals surface area contributed by atoms with Crippen LogP contribution in [0, 0.1) is 11.8 Å². The normalized spacial score (nSPS) is 8.60. The van der Waals surface area contributed by atoms with Gasteiger partial charge >= 0.3 is 0 Å². The molecule has 0 heterocycles. The molecular weight excluding hydrogens is 190 g/mol. The van der Waals surface area contributed by atoms with E-state index in [9.17, 15) is 9.59 Å². The van der Waals surface area contributed by atoms with Gasteiger partial charge in [0.2, 0.25) is 5.91 Å². The molecule has 0 aliphatic heterocycles. The lowest BCUT2D eigenvalue weighted by Gasteiger charge is -1.99. The van der Waals surface area contributed by atoms with Gasteiger partial charge in [-0.1, -0.05) is 18.1 Å². The molecule has 0 aromatic heterocycles. The second-order valence-electron chi connectivity index (χ2n) is 2.93. The Balaban J connectivity index is 2.72. The van der Waals surface area contributed by atoms with Crippen molar-refractivity contribution in [3.05, 3.63) is 35.4 Å². The zero-order valence-electron chi connectivity index (χ0n) is 8.41. The molecule has 1 amide bonds. The van der Waals surface area contributed by atoms with Gasteiger partial charge in [-0.05, 0) is 23.6 Å². The lowest BCUT2D eigenvalue weighted by Crippen LogP contribution is -2.19. The number of hydrogen-bond acceptors (Lipinski definition) is 2. The number of carbonyl (C=O) groups excluding carboxylic acids is 2. The Labute approximate surface area is 88.5 Å². The van der Waals surface area contributed by atoms with Crippen molar-refractivity contribution >= 4 is 12.2 Å². The van der Waals surface area contributed by atoms with Crippen LogP contribution in [0.5, 0.6) is 0 Å². The van der Waals surface area contributed by atoms with Crippen molar-refractivity contribution in [3.63, 3.8) is 0 Å². The first kappa shape index (κ1) is 11.0. The molecule has 76 valence electrons. The summed E-state index contributed by atoms with van der Waals surface area (Å²) >= 11 is 0. The van der Waals surface area contributed by atoms with Gasteiger partial charge in [0, 0.05) is 12.6 Å². The minimum Gasteiger partial charge on any atom is -0.359 e. The number of hydrogen-bond donors (Lipinski definition) is 1. The Morgan fingerprint density at radius 3 is 2.60 bits per heavy atom. The number of amides is 1. The van der Waals surface area contributed by atoms with E-state index in [1.54, 1.807) is 19.2 Å². The van der Waals surface area contributed by atoms with Gasteiger partial charge < -0.3 is 5.32 Å². The molecule has 1 aromatic rings. The minimum absolute atomic E-state index is 0.0262. The first-order valence-electron chi connectivity index (χ1n) is 4.51. The van der Waals surface area contributed by atoms with Gasteiger partial charge in [-0.3, -0.25) is 9.59 Å². The number of rotatable bonds is 2.